The first-order valence-corrected chi connectivity index (χ1v) is 9.78. The van der Waals surface area contributed by atoms with Gasteiger partial charge in [-0.2, -0.15) is 13.2 Å². The van der Waals surface area contributed by atoms with Gasteiger partial charge in [-0.3, -0.25) is 4.98 Å². The number of thiophene rings is 1. The number of pyridine rings is 1. The van der Waals surface area contributed by atoms with Crippen LogP contribution in [0, 0.1) is 0 Å². The van der Waals surface area contributed by atoms with E-state index in [-0.39, 0.29) is 11.4 Å². The van der Waals surface area contributed by atoms with Crippen LogP contribution in [0.1, 0.15) is 11.1 Å². The summed E-state index contributed by atoms with van der Waals surface area (Å²) in [6, 6.07) is 10.6. The number of nitrogens with zero attached hydrogens (tertiary/aromatic N) is 1. The van der Waals surface area contributed by atoms with Gasteiger partial charge in [-0.05, 0) is 53.4 Å². The van der Waals surface area contributed by atoms with Gasteiger partial charge >= 0.3 is 6.18 Å². The van der Waals surface area contributed by atoms with Crippen molar-refractivity contribution in [2.45, 2.75) is 17.6 Å². The average molecular weight is 398 g/mol. The second-order valence-corrected chi connectivity index (χ2v) is 8.09. The standard InChI is InChI=1S/C17H13F3N2O2S2/c18-17(19,20)13-3-5-14(6-4-13)26(23,24)22-11-12-7-8-21-15(10-12)16-2-1-9-25-16/h1-10,22H,11H2. The molecule has 0 fully saturated rings. The Labute approximate surface area is 152 Å². The monoisotopic (exact) mass is 398 g/mol. The van der Waals surface area contributed by atoms with Crippen LogP contribution in [-0.4, -0.2) is 13.4 Å². The predicted molar refractivity (Wildman–Crippen MR) is 93.0 cm³/mol. The summed E-state index contributed by atoms with van der Waals surface area (Å²) in [5, 5.41) is 1.91. The molecule has 1 N–H and O–H groups in total. The molecule has 0 atom stereocenters. The fraction of sp³-hybridized carbons (Fsp3) is 0.118. The Hall–Kier alpha value is -2.23. The zero-order chi connectivity index (χ0) is 18.8. The lowest BCUT2D eigenvalue weighted by Gasteiger charge is -2.10. The fourth-order valence-electron chi connectivity index (χ4n) is 2.23. The number of halogens is 3. The minimum atomic E-state index is -4.51. The molecule has 4 nitrogen and oxygen atoms in total. The fourth-order valence-corrected chi connectivity index (χ4v) is 3.94. The van der Waals surface area contributed by atoms with Gasteiger partial charge in [0, 0.05) is 12.7 Å². The maximum atomic E-state index is 12.6. The SMILES string of the molecule is O=S(=O)(NCc1ccnc(-c2cccs2)c1)c1ccc(C(F)(F)F)cc1. The maximum Gasteiger partial charge on any atom is 0.416 e. The molecule has 2 aromatic heterocycles. The highest BCUT2D eigenvalue weighted by Crippen LogP contribution is 2.29. The molecule has 0 radical (unpaired) electrons. The van der Waals surface area contributed by atoms with Gasteiger partial charge in [0.1, 0.15) is 0 Å². The summed E-state index contributed by atoms with van der Waals surface area (Å²) in [4.78, 5) is 4.98. The Kier molecular flexibility index (Phi) is 5.12. The van der Waals surface area contributed by atoms with Gasteiger partial charge in [-0.25, -0.2) is 13.1 Å². The summed E-state index contributed by atoms with van der Waals surface area (Å²) in [7, 11) is -3.92. The van der Waals surface area contributed by atoms with Gasteiger partial charge in [-0.15, -0.1) is 11.3 Å². The number of sulfonamides is 1. The van der Waals surface area contributed by atoms with Crippen molar-refractivity contribution in [3.05, 3.63) is 71.2 Å². The molecule has 26 heavy (non-hydrogen) atoms. The zero-order valence-electron chi connectivity index (χ0n) is 13.2. The van der Waals surface area contributed by atoms with Gasteiger partial charge in [0.2, 0.25) is 10.0 Å². The highest BCUT2D eigenvalue weighted by atomic mass is 32.2. The van der Waals surface area contributed by atoms with Crippen LogP contribution in [0.4, 0.5) is 13.2 Å². The van der Waals surface area contributed by atoms with E-state index < -0.39 is 21.8 Å². The van der Waals surface area contributed by atoms with Crippen molar-refractivity contribution in [3.8, 4) is 10.6 Å². The van der Waals surface area contributed by atoms with E-state index in [1.54, 1.807) is 18.3 Å². The van der Waals surface area contributed by atoms with E-state index in [4.69, 9.17) is 0 Å². The van der Waals surface area contributed by atoms with E-state index in [1.807, 2.05) is 17.5 Å². The number of alkyl halides is 3. The lowest BCUT2D eigenvalue weighted by atomic mass is 10.2. The predicted octanol–water partition coefficient (Wildman–Crippen LogP) is 4.31. The molecule has 0 saturated heterocycles. The van der Waals surface area contributed by atoms with Gasteiger partial charge in [0.15, 0.2) is 0 Å². The van der Waals surface area contributed by atoms with Crippen LogP contribution in [0.5, 0.6) is 0 Å². The number of aromatic nitrogens is 1. The summed E-state index contributed by atoms with van der Waals surface area (Å²) in [5.41, 5.74) is 0.524. The molecule has 2 heterocycles. The molecule has 0 amide bonds. The molecule has 3 rings (SSSR count). The largest absolute Gasteiger partial charge is 0.416 e. The van der Waals surface area contributed by atoms with Crippen LogP contribution in [0.25, 0.3) is 10.6 Å². The summed E-state index contributed by atoms with van der Waals surface area (Å²) in [6.07, 6.45) is -2.93. The van der Waals surface area contributed by atoms with Crippen LogP contribution in [0.3, 0.4) is 0 Å². The Morgan fingerprint density at radius 2 is 1.81 bits per heavy atom. The number of nitrogens with one attached hydrogen (secondary N) is 1. The molecule has 9 heteroatoms. The lowest BCUT2D eigenvalue weighted by Crippen LogP contribution is -2.23. The molecule has 0 bridgehead atoms. The topological polar surface area (TPSA) is 59.1 Å². The van der Waals surface area contributed by atoms with E-state index in [0.717, 1.165) is 34.8 Å². The van der Waals surface area contributed by atoms with Crippen molar-refractivity contribution in [2.75, 3.05) is 0 Å². The maximum absolute atomic E-state index is 12.6. The molecule has 0 aliphatic rings. The summed E-state index contributed by atoms with van der Waals surface area (Å²) in [5.74, 6) is 0. The van der Waals surface area contributed by atoms with Crippen LogP contribution >= 0.6 is 11.3 Å². The number of rotatable bonds is 5. The van der Waals surface area contributed by atoms with Crippen LogP contribution in [-0.2, 0) is 22.7 Å². The third-order valence-corrected chi connectivity index (χ3v) is 5.87. The average Bonchev–Trinajstić information content (AvgIpc) is 3.14. The first-order chi connectivity index (χ1) is 12.3. The minimum Gasteiger partial charge on any atom is -0.255 e. The highest BCUT2D eigenvalue weighted by molar-refractivity contribution is 7.89. The van der Waals surface area contributed by atoms with Crippen molar-refractivity contribution >= 4 is 21.4 Å². The minimum absolute atomic E-state index is 0.00422. The summed E-state index contributed by atoms with van der Waals surface area (Å²) in [6.45, 7) is 0.00422. The Morgan fingerprint density at radius 1 is 1.08 bits per heavy atom. The molecule has 0 saturated carbocycles. The molecule has 0 aliphatic carbocycles. The number of hydrogen-bond donors (Lipinski definition) is 1. The van der Waals surface area contributed by atoms with Gasteiger partial charge < -0.3 is 0 Å². The van der Waals surface area contributed by atoms with Crippen molar-refractivity contribution in [1.82, 2.24) is 9.71 Å². The van der Waals surface area contributed by atoms with E-state index in [0.29, 0.717) is 5.56 Å². The van der Waals surface area contributed by atoms with Gasteiger partial charge in [0.05, 0.1) is 21.0 Å². The first-order valence-electron chi connectivity index (χ1n) is 7.41. The van der Waals surface area contributed by atoms with Crippen molar-refractivity contribution in [2.24, 2.45) is 0 Å². The Balaban J connectivity index is 1.73. The van der Waals surface area contributed by atoms with Gasteiger partial charge in [0.25, 0.3) is 0 Å². The molecular weight excluding hydrogens is 385 g/mol. The number of hydrogen-bond acceptors (Lipinski definition) is 4. The Morgan fingerprint density at radius 3 is 2.42 bits per heavy atom. The molecule has 0 aliphatic heterocycles. The molecule has 0 unspecified atom stereocenters. The normalized spacial score (nSPS) is 12.3. The molecule has 136 valence electrons. The van der Waals surface area contributed by atoms with E-state index in [9.17, 15) is 21.6 Å². The third kappa shape index (κ3) is 4.29. The first kappa shape index (κ1) is 18.6. The van der Waals surface area contributed by atoms with Crippen molar-refractivity contribution < 1.29 is 21.6 Å². The molecule has 1 aromatic carbocycles. The third-order valence-electron chi connectivity index (χ3n) is 3.56. The quantitative estimate of drug-likeness (QED) is 0.697. The van der Waals surface area contributed by atoms with E-state index >= 15 is 0 Å². The smallest absolute Gasteiger partial charge is 0.255 e. The van der Waals surface area contributed by atoms with E-state index in [2.05, 4.69) is 9.71 Å². The van der Waals surface area contributed by atoms with E-state index in [1.165, 1.54) is 11.3 Å². The van der Waals surface area contributed by atoms with Crippen molar-refractivity contribution in [1.29, 1.82) is 0 Å². The number of benzene rings is 1. The van der Waals surface area contributed by atoms with Crippen molar-refractivity contribution in [3.63, 3.8) is 0 Å². The van der Waals surface area contributed by atoms with Crippen LogP contribution in [0.2, 0.25) is 0 Å². The Bertz CT molecular complexity index is 984. The molecular formula is C17H13F3N2O2S2. The zero-order valence-corrected chi connectivity index (χ0v) is 14.8. The molecule has 3 aromatic rings. The lowest BCUT2D eigenvalue weighted by molar-refractivity contribution is -0.137. The van der Waals surface area contributed by atoms with Crippen LogP contribution in [0.15, 0.2) is 65.0 Å². The van der Waals surface area contributed by atoms with Crippen LogP contribution < -0.4 is 4.72 Å². The second kappa shape index (κ2) is 7.18. The summed E-state index contributed by atoms with van der Waals surface area (Å²) < 4.78 is 64.6. The second-order valence-electron chi connectivity index (χ2n) is 5.37. The summed E-state index contributed by atoms with van der Waals surface area (Å²) >= 11 is 1.52. The van der Waals surface area contributed by atoms with Gasteiger partial charge in [-0.1, -0.05) is 6.07 Å². The highest BCUT2D eigenvalue weighted by Gasteiger charge is 2.30. The molecule has 0 spiro atoms.